The number of H-pyrrole nitrogens is 1. The van der Waals surface area contributed by atoms with Crippen LogP contribution in [0, 0.1) is 11.8 Å². The first kappa shape index (κ1) is 10.4. The smallest absolute Gasteiger partial charge is 0.290 e. The first-order valence-electron chi connectivity index (χ1n) is 3.83. The summed E-state index contributed by atoms with van der Waals surface area (Å²) in [6, 6.07) is 0. The van der Waals surface area contributed by atoms with E-state index in [0.717, 1.165) is 0 Å². The van der Waals surface area contributed by atoms with E-state index in [4.69, 9.17) is 0 Å². The summed E-state index contributed by atoms with van der Waals surface area (Å²) >= 11 is 0. The monoisotopic (exact) mass is 201 g/mol. The highest BCUT2D eigenvalue weighted by molar-refractivity contribution is 5.44. The highest BCUT2D eigenvalue weighted by Gasteiger charge is 2.16. The van der Waals surface area contributed by atoms with Gasteiger partial charge in [0.1, 0.15) is 5.69 Å². The highest BCUT2D eigenvalue weighted by atomic mass is 19.2. The molecule has 0 aliphatic carbocycles. The second-order valence-electron chi connectivity index (χ2n) is 2.68. The molecule has 4 nitrogen and oxygen atoms in total. The van der Waals surface area contributed by atoms with Gasteiger partial charge in [-0.05, 0) is 0 Å². The van der Waals surface area contributed by atoms with Crippen molar-refractivity contribution < 1.29 is 8.78 Å². The van der Waals surface area contributed by atoms with E-state index in [1.54, 1.807) is 0 Å². The number of hydrogen-bond acceptors (Lipinski definition) is 3. The maximum atomic E-state index is 13.1. The highest BCUT2D eigenvalue weighted by Crippen LogP contribution is 2.12. The Morgan fingerprint density at radius 2 is 2.29 bits per heavy atom. The zero-order valence-corrected chi connectivity index (χ0v) is 7.55. The molecule has 76 valence electrons. The van der Waals surface area contributed by atoms with Crippen LogP contribution in [0.3, 0.4) is 0 Å². The number of halogens is 2. The van der Waals surface area contributed by atoms with Gasteiger partial charge in [-0.1, -0.05) is 6.08 Å². The number of nitrogens with zero attached hydrogens (tertiary/aromatic N) is 2. The maximum Gasteiger partial charge on any atom is 0.290 e. The molecule has 0 fully saturated rings. The van der Waals surface area contributed by atoms with E-state index in [1.807, 2.05) is 5.10 Å². The van der Waals surface area contributed by atoms with Crippen LogP contribution in [-0.2, 0) is 0 Å². The Hall–Kier alpha value is -1.72. The lowest BCUT2D eigenvalue weighted by molar-refractivity contribution is 0.462. The molecule has 14 heavy (non-hydrogen) atoms. The average molecular weight is 201 g/mol. The SMILES string of the molecule is C=CCN(C)c1c(F)c(F)n[nH]c1=O. The Kier molecular flexibility index (Phi) is 2.95. The van der Waals surface area contributed by atoms with E-state index in [9.17, 15) is 13.6 Å². The first-order chi connectivity index (χ1) is 6.57. The summed E-state index contributed by atoms with van der Waals surface area (Å²) in [5.74, 6) is -2.58. The first-order valence-corrected chi connectivity index (χ1v) is 3.83. The minimum Gasteiger partial charge on any atom is -0.364 e. The van der Waals surface area contributed by atoms with E-state index in [-0.39, 0.29) is 12.2 Å². The maximum absolute atomic E-state index is 13.1. The number of aromatic nitrogens is 2. The lowest BCUT2D eigenvalue weighted by atomic mass is 10.4. The van der Waals surface area contributed by atoms with Crippen molar-refractivity contribution in [1.82, 2.24) is 10.2 Å². The molecule has 0 spiro atoms. The second kappa shape index (κ2) is 3.99. The molecule has 1 N–H and O–H groups in total. The Balaban J connectivity index is 3.25. The average Bonchev–Trinajstić information content (AvgIpc) is 2.13. The third-order valence-corrected chi connectivity index (χ3v) is 1.64. The van der Waals surface area contributed by atoms with Crippen LogP contribution >= 0.6 is 0 Å². The topological polar surface area (TPSA) is 49.0 Å². The fourth-order valence-electron chi connectivity index (χ4n) is 1.03. The number of nitrogens with one attached hydrogen (secondary N) is 1. The van der Waals surface area contributed by atoms with Crippen LogP contribution in [0.25, 0.3) is 0 Å². The Labute approximate surface area is 78.9 Å². The molecule has 0 aliphatic heterocycles. The van der Waals surface area contributed by atoms with Crippen LogP contribution in [0.15, 0.2) is 17.4 Å². The lowest BCUT2D eigenvalue weighted by Crippen LogP contribution is -2.28. The van der Waals surface area contributed by atoms with Crippen molar-refractivity contribution in [2.75, 3.05) is 18.5 Å². The van der Waals surface area contributed by atoms with Gasteiger partial charge in [0, 0.05) is 13.6 Å². The van der Waals surface area contributed by atoms with Crippen LogP contribution < -0.4 is 10.5 Å². The number of likely N-dealkylation sites (N-methyl/N-ethyl adjacent to an activating group) is 1. The molecule has 1 aromatic heterocycles. The van der Waals surface area contributed by atoms with Crippen LogP contribution in [0.1, 0.15) is 0 Å². The molecular formula is C8H9F2N3O. The fraction of sp³-hybridized carbons (Fsp3) is 0.250. The normalized spacial score (nSPS) is 9.93. The molecule has 0 radical (unpaired) electrons. The summed E-state index contributed by atoms with van der Waals surface area (Å²) in [5.41, 5.74) is -1.15. The molecule has 0 amide bonds. The molecule has 6 heteroatoms. The molecule has 0 saturated carbocycles. The molecule has 0 bridgehead atoms. The van der Waals surface area contributed by atoms with Crippen molar-refractivity contribution in [3.63, 3.8) is 0 Å². The number of hydrogen-bond donors (Lipinski definition) is 1. The summed E-state index contributed by atoms with van der Waals surface area (Å²) in [6.07, 6.45) is 1.47. The van der Waals surface area contributed by atoms with Gasteiger partial charge in [0.25, 0.3) is 11.5 Å². The van der Waals surface area contributed by atoms with Crippen molar-refractivity contribution in [1.29, 1.82) is 0 Å². The minimum atomic E-state index is -1.32. The van der Waals surface area contributed by atoms with E-state index < -0.39 is 17.3 Å². The summed E-state index contributed by atoms with van der Waals surface area (Å²) in [5, 5.41) is 4.70. The summed E-state index contributed by atoms with van der Waals surface area (Å²) in [4.78, 5) is 12.3. The zero-order chi connectivity index (χ0) is 10.7. The lowest BCUT2D eigenvalue weighted by Gasteiger charge is -2.15. The van der Waals surface area contributed by atoms with Crippen molar-refractivity contribution >= 4 is 5.69 Å². The molecule has 0 atom stereocenters. The Morgan fingerprint density at radius 3 is 2.86 bits per heavy atom. The van der Waals surface area contributed by atoms with Gasteiger partial charge < -0.3 is 4.90 Å². The van der Waals surface area contributed by atoms with Crippen LogP contribution in [0.5, 0.6) is 0 Å². The van der Waals surface area contributed by atoms with Crippen LogP contribution in [0.4, 0.5) is 14.5 Å². The Morgan fingerprint density at radius 1 is 1.64 bits per heavy atom. The van der Waals surface area contributed by atoms with Crippen molar-refractivity contribution in [2.24, 2.45) is 0 Å². The molecule has 1 heterocycles. The van der Waals surface area contributed by atoms with Crippen LogP contribution in [-0.4, -0.2) is 23.8 Å². The van der Waals surface area contributed by atoms with Crippen LogP contribution in [0.2, 0.25) is 0 Å². The molecule has 0 saturated heterocycles. The summed E-state index contributed by atoms with van der Waals surface area (Å²) in [7, 11) is 1.45. The Bertz CT molecular complexity index is 402. The van der Waals surface area contributed by atoms with Gasteiger partial charge >= 0.3 is 0 Å². The van der Waals surface area contributed by atoms with Gasteiger partial charge in [-0.25, -0.2) is 5.10 Å². The summed E-state index contributed by atoms with van der Waals surface area (Å²) in [6.45, 7) is 3.66. The van der Waals surface area contributed by atoms with Gasteiger partial charge in [0.15, 0.2) is 0 Å². The van der Waals surface area contributed by atoms with E-state index in [1.165, 1.54) is 18.0 Å². The standard InChI is InChI=1S/C8H9F2N3O/c1-3-4-13(2)6-5(9)7(10)11-12-8(6)14/h3H,1,4H2,2H3,(H,12,14). The van der Waals surface area contributed by atoms with Gasteiger partial charge in [-0.15, -0.1) is 11.7 Å². The fourth-order valence-corrected chi connectivity index (χ4v) is 1.03. The predicted molar refractivity (Wildman–Crippen MR) is 48.2 cm³/mol. The molecule has 0 aliphatic rings. The molecule has 0 unspecified atom stereocenters. The zero-order valence-electron chi connectivity index (χ0n) is 7.55. The van der Waals surface area contributed by atoms with Crippen molar-refractivity contribution in [3.8, 4) is 0 Å². The van der Waals surface area contributed by atoms with E-state index in [0.29, 0.717) is 0 Å². The minimum absolute atomic E-state index is 0.240. The largest absolute Gasteiger partial charge is 0.364 e. The van der Waals surface area contributed by atoms with Crippen molar-refractivity contribution in [3.05, 3.63) is 34.8 Å². The molecule has 1 aromatic rings. The second-order valence-corrected chi connectivity index (χ2v) is 2.68. The molecule has 0 aromatic carbocycles. The van der Waals surface area contributed by atoms with Crippen molar-refractivity contribution in [2.45, 2.75) is 0 Å². The summed E-state index contributed by atoms with van der Waals surface area (Å²) < 4.78 is 25.8. The predicted octanol–water partition coefficient (Wildman–Crippen LogP) is 0.670. The number of anilines is 1. The van der Waals surface area contributed by atoms with Gasteiger partial charge in [0.05, 0.1) is 0 Å². The third kappa shape index (κ3) is 1.78. The number of rotatable bonds is 3. The van der Waals surface area contributed by atoms with E-state index >= 15 is 0 Å². The molecular weight excluding hydrogens is 192 g/mol. The van der Waals surface area contributed by atoms with E-state index in [2.05, 4.69) is 11.7 Å². The molecule has 1 rings (SSSR count). The number of aromatic amines is 1. The van der Waals surface area contributed by atoms with Gasteiger partial charge in [0.2, 0.25) is 5.82 Å². The van der Waals surface area contributed by atoms with Gasteiger partial charge in [-0.3, -0.25) is 4.79 Å². The van der Waals surface area contributed by atoms with Gasteiger partial charge in [-0.2, -0.15) is 8.78 Å². The third-order valence-electron chi connectivity index (χ3n) is 1.64. The quantitative estimate of drug-likeness (QED) is 0.731.